The maximum absolute atomic E-state index is 12.6. The molecule has 110 valence electrons. The van der Waals surface area contributed by atoms with Crippen molar-refractivity contribution >= 4 is 11.6 Å². The molecule has 1 aromatic rings. The van der Waals surface area contributed by atoms with Gasteiger partial charge in [-0.1, -0.05) is 6.07 Å². The van der Waals surface area contributed by atoms with E-state index in [1.807, 2.05) is 0 Å². The number of nitrogens with two attached hydrogens (primary N) is 1. The Morgan fingerprint density at radius 1 is 1.45 bits per heavy atom. The number of nitrogens with zero attached hydrogens (tertiary/aromatic N) is 1. The molecule has 0 aromatic heterocycles. The lowest BCUT2D eigenvalue weighted by Gasteiger charge is -2.24. The number of ether oxygens (including phenoxy) is 1. The summed E-state index contributed by atoms with van der Waals surface area (Å²) in [6.45, 7) is -1.26. The molecular formula is C13H15F3N2O2. The van der Waals surface area contributed by atoms with Crippen molar-refractivity contribution in [2.24, 2.45) is 0 Å². The Labute approximate surface area is 114 Å². The van der Waals surface area contributed by atoms with Crippen molar-refractivity contribution < 1.29 is 22.7 Å². The molecule has 0 heterocycles. The fraction of sp³-hybridized carbons (Fsp3) is 0.462. The first-order valence-corrected chi connectivity index (χ1v) is 6.13. The van der Waals surface area contributed by atoms with E-state index in [1.165, 1.54) is 25.3 Å². The van der Waals surface area contributed by atoms with Gasteiger partial charge < -0.3 is 15.4 Å². The topological polar surface area (TPSA) is 55.6 Å². The molecule has 1 amide bonds. The van der Waals surface area contributed by atoms with E-state index in [0.717, 1.165) is 4.90 Å². The molecule has 4 nitrogen and oxygen atoms in total. The Bertz CT molecular complexity index is 513. The van der Waals surface area contributed by atoms with Gasteiger partial charge in [0, 0.05) is 6.04 Å². The van der Waals surface area contributed by atoms with Crippen LogP contribution in [0.1, 0.15) is 23.2 Å². The molecule has 1 aromatic carbocycles. The molecule has 0 bridgehead atoms. The Balaban J connectivity index is 2.30. The second kappa shape index (κ2) is 5.22. The van der Waals surface area contributed by atoms with Crippen LogP contribution in [-0.2, 0) is 0 Å². The number of anilines is 1. The van der Waals surface area contributed by atoms with E-state index in [1.54, 1.807) is 0 Å². The van der Waals surface area contributed by atoms with Gasteiger partial charge in [0.05, 0.1) is 18.4 Å². The maximum Gasteiger partial charge on any atom is 0.406 e. The molecule has 2 rings (SSSR count). The smallest absolute Gasteiger partial charge is 0.406 e. The first-order valence-electron chi connectivity index (χ1n) is 6.13. The number of rotatable bonds is 4. The van der Waals surface area contributed by atoms with Crippen LogP contribution in [0, 0.1) is 0 Å². The number of amides is 1. The molecule has 1 saturated carbocycles. The van der Waals surface area contributed by atoms with Crippen LogP contribution in [0.25, 0.3) is 0 Å². The van der Waals surface area contributed by atoms with E-state index in [0.29, 0.717) is 12.8 Å². The van der Waals surface area contributed by atoms with Crippen LogP contribution in [0.3, 0.4) is 0 Å². The van der Waals surface area contributed by atoms with Crippen LogP contribution in [0.15, 0.2) is 18.2 Å². The fourth-order valence-corrected chi connectivity index (χ4v) is 2.05. The Hall–Kier alpha value is -1.92. The number of methoxy groups -OCH3 is 1. The third-order valence-corrected chi connectivity index (χ3v) is 3.08. The number of para-hydroxylation sites is 1. The van der Waals surface area contributed by atoms with Gasteiger partial charge in [-0.05, 0) is 25.0 Å². The molecule has 0 saturated heterocycles. The number of alkyl halides is 3. The summed E-state index contributed by atoms with van der Waals surface area (Å²) in [5.41, 5.74) is 5.95. The second-order valence-electron chi connectivity index (χ2n) is 4.71. The van der Waals surface area contributed by atoms with Gasteiger partial charge in [0.25, 0.3) is 5.91 Å². The van der Waals surface area contributed by atoms with Gasteiger partial charge in [-0.25, -0.2) is 0 Å². The summed E-state index contributed by atoms with van der Waals surface area (Å²) in [4.78, 5) is 13.2. The average molecular weight is 288 g/mol. The van der Waals surface area contributed by atoms with E-state index in [4.69, 9.17) is 10.5 Å². The monoisotopic (exact) mass is 288 g/mol. The van der Waals surface area contributed by atoms with E-state index in [9.17, 15) is 18.0 Å². The van der Waals surface area contributed by atoms with Crippen molar-refractivity contribution in [3.63, 3.8) is 0 Å². The summed E-state index contributed by atoms with van der Waals surface area (Å²) in [5.74, 6) is -0.584. The molecule has 20 heavy (non-hydrogen) atoms. The molecule has 2 N–H and O–H groups in total. The van der Waals surface area contributed by atoms with Gasteiger partial charge in [0.1, 0.15) is 6.54 Å². The highest BCUT2D eigenvalue weighted by Gasteiger charge is 2.41. The third kappa shape index (κ3) is 3.15. The molecule has 0 radical (unpaired) electrons. The minimum Gasteiger partial charge on any atom is -0.494 e. The molecule has 0 aliphatic heterocycles. The van der Waals surface area contributed by atoms with Gasteiger partial charge in [0.15, 0.2) is 5.75 Å². The van der Waals surface area contributed by atoms with Crippen LogP contribution >= 0.6 is 0 Å². The van der Waals surface area contributed by atoms with Crippen LogP contribution in [0.5, 0.6) is 5.75 Å². The predicted molar refractivity (Wildman–Crippen MR) is 67.5 cm³/mol. The fourth-order valence-electron chi connectivity index (χ4n) is 2.05. The Kier molecular flexibility index (Phi) is 3.78. The van der Waals surface area contributed by atoms with Crippen molar-refractivity contribution in [3.05, 3.63) is 23.8 Å². The van der Waals surface area contributed by atoms with Crippen LogP contribution in [0.4, 0.5) is 18.9 Å². The first-order chi connectivity index (χ1) is 9.33. The molecule has 1 aliphatic carbocycles. The van der Waals surface area contributed by atoms with Crippen molar-refractivity contribution in [2.45, 2.75) is 25.1 Å². The first kappa shape index (κ1) is 14.5. The normalized spacial score (nSPS) is 15.0. The summed E-state index contributed by atoms with van der Waals surface area (Å²) in [5, 5.41) is 0. The zero-order chi connectivity index (χ0) is 14.9. The van der Waals surface area contributed by atoms with Crippen LogP contribution < -0.4 is 10.5 Å². The molecule has 0 unspecified atom stereocenters. The minimum absolute atomic E-state index is 0.0589. The molecule has 0 spiro atoms. The summed E-state index contributed by atoms with van der Waals surface area (Å²) in [6, 6.07) is 4.11. The lowest BCUT2D eigenvalue weighted by atomic mass is 10.1. The highest BCUT2D eigenvalue weighted by atomic mass is 19.4. The van der Waals surface area contributed by atoms with Crippen molar-refractivity contribution in [3.8, 4) is 5.75 Å². The molecular weight excluding hydrogens is 273 g/mol. The van der Waals surface area contributed by atoms with E-state index >= 15 is 0 Å². The molecule has 0 atom stereocenters. The molecule has 1 aliphatic rings. The Morgan fingerprint density at radius 3 is 2.60 bits per heavy atom. The lowest BCUT2D eigenvalue weighted by Crippen LogP contribution is -2.40. The van der Waals surface area contributed by atoms with E-state index < -0.39 is 18.6 Å². The number of hydrogen-bond acceptors (Lipinski definition) is 3. The number of carbonyl (C=O) groups excluding carboxylic acids is 1. The van der Waals surface area contributed by atoms with Crippen molar-refractivity contribution in [1.29, 1.82) is 0 Å². The maximum atomic E-state index is 12.6. The standard InChI is InChI=1S/C13H15F3N2O2/c1-20-11-9(3-2-4-10(11)17)12(19)18(8-5-6-8)7-13(14,15)16/h2-4,8H,5-7,17H2,1H3. The number of nitrogen functional groups attached to an aromatic ring is 1. The number of hydrogen-bond donors (Lipinski definition) is 1. The van der Waals surface area contributed by atoms with Crippen molar-refractivity contribution in [2.75, 3.05) is 19.4 Å². The van der Waals surface area contributed by atoms with Gasteiger partial charge in [-0.15, -0.1) is 0 Å². The SMILES string of the molecule is COc1c(N)cccc1C(=O)N(CC(F)(F)F)C1CC1. The Morgan fingerprint density at radius 2 is 2.10 bits per heavy atom. The second-order valence-corrected chi connectivity index (χ2v) is 4.71. The number of carbonyl (C=O) groups is 1. The highest BCUT2D eigenvalue weighted by Crippen LogP contribution is 2.34. The minimum atomic E-state index is -4.42. The zero-order valence-corrected chi connectivity index (χ0v) is 10.9. The largest absolute Gasteiger partial charge is 0.494 e. The highest BCUT2D eigenvalue weighted by molar-refractivity contribution is 5.99. The average Bonchev–Trinajstić information content (AvgIpc) is 3.18. The molecule has 7 heteroatoms. The van der Waals surface area contributed by atoms with Crippen molar-refractivity contribution in [1.82, 2.24) is 4.90 Å². The van der Waals surface area contributed by atoms with Gasteiger partial charge in [-0.2, -0.15) is 13.2 Å². The summed E-state index contributed by atoms with van der Waals surface area (Å²) in [7, 11) is 1.33. The summed E-state index contributed by atoms with van der Waals surface area (Å²) < 4.78 is 42.8. The number of benzene rings is 1. The van der Waals surface area contributed by atoms with E-state index in [-0.39, 0.29) is 23.0 Å². The lowest BCUT2D eigenvalue weighted by molar-refractivity contribution is -0.141. The quantitative estimate of drug-likeness (QED) is 0.866. The van der Waals surface area contributed by atoms with Crippen LogP contribution in [0.2, 0.25) is 0 Å². The summed E-state index contributed by atoms with van der Waals surface area (Å²) >= 11 is 0. The zero-order valence-electron chi connectivity index (χ0n) is 10.9. The summed E-state index contributed by atoms with van der Waals surface area (Å²) in [6.07, 6.45) is -3.25. The van der Waals surface area contributed by atoms with Gasteiger partial charge >= 0.3 is 6.18 Å². The van der Waals surface area contributed by atoms with Gasteiger partial charge in [0.2, 0.25) is 0 Å². The third-order valence-electron chi connectivity index (χ3n) is 3.08. The molecule has 1 fully saturated rings. The van der Waals surface area contributed by atoms with E-state index in [2.05, 4.69) is 0 Å². The van der Waals surface area contributed by atoms with Crippen LogP contribution in [-0.4, -0.2) is 36.7 Å². The predicted octanol–water partition coefficient (Wildman–Crippen LogP) is 2.44. The number of halogens is 3. The van der Waals surface area contributed by atoms with Gasteiger partial charge in [-0.3, -0.25) is 4.79 Å².